The SMILES string of the molecule is Br.CCCCCCCCCCCCCCCC(N)C(O)O. The molecule has 0 aliphatic carbocycles. The van der Waals surface area contributed by atoms with Gasteiger partial charge in [-0.25, -0.2) is 0 Å². The molecule has 4 heteroatoms. The van der Waals surface area contributed by atoms with Crippen LogP contribution >= 0.6 is 17.0 Å². The molecule has 0 aromatic heterocycles. The lowest BCUT2D eigenvalue weighted by molar-refractivity contribution is -0.0599. The van der Waals surface area contributed by atoms with Crippen LogP contribution in [-0.4, -0.2) is 22.5 Å². The fraction of sp³-hybridized carbons (Fsp3) is 1.00. The van der Waals surface area contributed by atoms with E-state index in [1.165, 1.54) is 70.6 Å². The lowest BCUT2D eigenvalue weighted by Crippen LogP contribution is -2.34. The molecule has 0 rings (SSSR count). The molecule has 0 saturated carbocycles. The van der Waals surface area contributed by atoms with Crippen LogP contribution < -0.4 is 5.73 Å². The van der Waals surface area contributed by atoms with E-state index in [0.717, 1.165) is 19.3 Å². The first-order valence-corrected chi connectivity index (χ1v) is 8.80. The number of aliphatic hydroxyl groups is 2. The average molecular weight is 368 g/mol. The first-order chi connectivity index (χ1) is 9.68. The normalized spacial score (nSPS) is 12.4. The van der Waals surface area contributed by atoms with Crippen LogP contribution in [0.5, 0.6) is 0 Å². The third-order valence-corrected chi connectivity index (χ3v) is 4.02. The zero-order valence-electron chi connectivity index (χ0n) is 13.9. The molecule has 130 valence electrons. The maximum atomic E-state index is 8.84. The van der Waals surface area contributed by atoms with Crippen molar-refractivity contribution in [3.63, 3.8) is 0 Å². The molecule has 0 aliphatic rings. The lowest BCUT2D eigenvalue weighted by atomic mass is 10.0. The second-order valence-corrected chi connectivity index (χ2v) is 6.11. The lowest BCUT2D eigenvalue weighted by Gasteiger charge is -2.12. The Hall–Kier alpha value is 0.360. The summed E-state index contributed by atoms with van der Waals surface area (Å²) in [6.07, 6.45) is 16.6. The fourth-order valence-corrected chi connectivity index (χ4v) is 2.55. The summed E-state index contributed by atoms with van der Waals surface area (Å²) in [4.78, 5) is 0. The average Bonchev–Trinajstić information content (AvgIpc) is 2.43. The van der Waals surface area contributed by atoms with Gasteiger partial charge in [-0.2, -0.15) is 0 Å². The van der Waals surface area contributed by atoms with Crippen LogP contribution in [0.1, 0.15) is 96.8 Å². The van der Waals surface area contributed by atoms with E-state index >= 15 is 0 Å². The monoisotopic (exact) mass is 367 g/mol. The smallest absolute Gasteiger partial charge is 0.166 e. The molecule has 0 saturated heterocycles. The van der Waals surface area contributed by atoms with Crippen LogP contribution in [0.3, 0.4) is 0 Å². The molecule has 0 aliphatic heterocycles. The molecule has 4 N–H and O–H groups in total. The van der Waals surface area contributed by atoms with Crippen LogP contribution in [0.4, 0.5) is 0 Å². The highest BCUT2D eigenvalue weighted by Crippen LogP contribution is 2.13. The molecular formula is C17H38BrNO2. The summed E-state index contributed by atoms with van der Waals surface area (Å²) in [6.45, 7) is 2.26. The van der Waals surface area contributed by atoms with Crippen molar-refractivity contribution in [2.24, 2.45) is 5.73 Å². The maximum absolute atomic E-state index is 8.84. The van der Waals surface area contributed by atoms with Gasteiger partial charge in [0.2, 0.25) is 0 Å². The number of halogens is 1. The summed E-state index contributed by atoms with van der Waals surface area (Å²) in [5.41, 5.74) is 5.56. The molecule has 3 nitrogen and oxygen atoms in total. The van der Waals surface area contributed by atoms with Gasteiger partial charge < -0.3 is 15.9 Å². The summed E-state index contributed by atoms with van der Waals surface area (Å²) >= 11 is 0. The molecule has 0 fully saturated rings. The second kappa shape index (κ2) is 18.4. The van der Waals surface area contributed by atoms with Crippen molar-refractivity contribution in [1.82, 2.24) is 0 Å². The highest BCUT2D eigenvalue weighted by molar-refractivity contribution is 8.93. The molecule has 0 aromatic rings. The standard InChI is InChI=1S/C17H37NO2.BrH/c1-2-3-4-5-6-7-8-9-10-11-12-13-14-15-16(18)17(19)20;/h16-17,19-20H,2-15,18H2,1H3;1H. The van der Waals surface area contributed by atoms with E-state index in [-0.39, 0.29) is 17.0 Å². The van der Waals surface area contributed by atoms with Gasteiger partial charge in [-0.05, 0) is 6.42 Å². The number of unbranched alkanes of at least 4 members (excludes halogenated alkanes) is 12. The van der Waals surface area contributed by atoms with Gasteiger partial charge in [0.25, 0.3) is 0 Å². The first kappa shape index (κ1) is 23.6. The second-order valence-electron chi connectivity index (χ2n) is 6.11. The van der Waals surface area contributed by atoms with Gasteiger partial charge in [-0.1, -0.05) is 90.4 Å². The highest BCUT2D eigenvalue weighted by atomic mass is 79.9. The first-order valence-electron chi connectivity index (χ1n) is 8.80. The van der Waals surface area contributed by atoms with Gasteiger partial charge in [-0.15, -0.1) is 17.0 Å². The molecule has 1 unspecified atom stereocenters. The Morgan fingerprint density at radius 2 is 1.00 bits per heavy atom. The van der Waals surface area contributed by atoms with Gasteiger partial charge in [0.1, 0.15) is 0 Å². The molecule has 0 heterocycles. The van der Waals surface area contributed by atoms with Crippen molar-refractivity contribution in [3.05, 3.63) is 0 Å². The van der Waals surface area contributed by atoms with Crippen molar-refractivity contribution in [1.29, 1.82) is 0 Å². The van der Waals surface area contributed by atoms with Gasteiger partial charge in [0, 0.05) is 0 Å². The van der Waals surface area contributed by atoms with Crippen molar-refractivity contribution < 1.29 is 10.2 Å². The Morgan fingerprint density at radius 1 is 0.667 bits per heavy atom. The number of hydrogen-bond acceptors (Lipinski definition) is 3. The molecule has 0 spiro atoms. The van der Waals surface area contributed by atoms with E-state index in [4.69, 9.17) is 15.9 Å². The quantitative estimate of drug-likeness (QED) is 0.290. The van der Waals surface area contributed by atoms with Crippen molar-refractivity contribution >= 4 is 17.0 Å². The number of rotatable bonds is 15. The Bertz CT molecular complexity index is 192. The predicted octanol–water partition coefficient (Wildman–Crippen LogP) is 4.68. The molecular weight excluding hydrogens is 330 g/mol. The summed E-state index contributed by atoms with van der Waals surface area (Å²) < 4.78 is 0. The predicted molar refractivity (Wildman–Crippen MR) is 96.8 cm³/mol. The minimum atomic E-state index is -1.35. The van der Waals surface area contributed by atoms with Crippen molar-refractivity contribution in [2.75, 3.05) is 0 Å². The van der Waals surface area contributed by atoms with E-state index in [9.17, 15) is 0 Å². The van der Waals surface area contributed by atoms with Crippen LogP contribution in [0.15, 0.2) is 0 Å². The number of hydrogen-bond donors (Lipinski definition) is 3. The van der Waals surface area contributed by atoms with Gasteiger partial charge in [-0.3, -0.25) is 0 Å². The minimum absolute atomic E-state index is 0. The number of nitrogens with two attached hydrogens (primary N) is 1. The zero-order valence-corrected chi connectivity index (χ0v) is 15.6. The van der Waals surface area contributed by atoms with Crippen molar-refractivity contribution in [3.8, 4) is 0 Å². The molecule has 0 aromatic carbocycles. The summed E-state index contributed by atoms with van der Waals surface area (Å²) in [7, 11) is 0. The third-order valence-electron chi connectivity index (χ3n) is 4.02. The van der Waals surface area contributed by atoms with Crippen LogP contribution in [-0.2, 0) is 0 Å². The molecule has 0 radical (unpaired) electrons. The Balaban J connectivity index is 0. The van der Waals surface area contributed by atoms with E-state index in [2.05, 4.69) is 6.92 Å². The highest BCUT2D eigenvalue weighted by Gasteiger charge is 2.09. The van der Waals surface area contributed by atoms with Gasteiger partial charge in [0.05, 0.1) is 6.04 Å². The van der Waals surface area contributed by atoms with E-state index in [1.807, 2.05) is 0 Å². The molecule has 0 amide bonds. The maximum Gasteiger partial charge on any atom is 0.166 e. The largest absolute Gasteiger partial charge is 0.367 e. The molecule has 0 bridgehead atoms. The van der Waals surface area contributed by atoms with Gasteiger partial charge in [0.15, 0.2) is 6.29 Å². The van der Waals surface area contributed by atoms with Gasteiger partial charge >= 0.3 is 0 Å². The molecule has 1 atom stereocenters. The number of aliphatic hydroxyl groups excluding tert-OH is 1. The van der Waals surface area contributed by atoms with Crippen LogP contribution in [0.2, 0.25) is 0 Å². The van der Waals surface area contributed by atoms with Crippen LogP contribution in [0, 0.1) is 0 Å². The summed E-state index contributed by atoms with van der Waals surface area (Å²) in [6, 6.07) is -0.470. The molecule has 21 heavy (non-hydrogen) atoms. The third kappa shape index (κ3) is 18.3. The van der Waals surface area contributed by atoms with Crippen molar-refractivity contribution in [2.45, 2.75) is 109 Å². The minimum Gasteiger partial charge on any atom is -0.367 e. The zero-order chi connectivity index (χ0) is 15.1. The summed E-state index contributed by atoms with van der Waals surface area (Å²) in [5, 5.41) is 17.7. The van der Waals surface area contributed by atoms with E-state index < -0.39 is 12.3 Å². The fourth-order valence-electron chi connectivity index (χ4n) is 2.55. The Labute approximate surface area is 142 Å². The Morgan fingerprint density at radius 3 is 1.33 bits per heavy atom. The summed E-state index contributed by atoms with van der Waals surface area (Å²) in [5.74, 6) is 0. The van der Waals surface area contributed by atoms with Crippen LogP contribution in [0.25, 0.3) is 0 Å². The van der Waals surface area contributed by atoms with E-state index in [0.29, 0.717) is 0 Å². The topological polar surface area (TPSA) is 66.5 Å². The Kier molecular flexibility index (Phi) is 20.7. The van der Waals surface area contributed by atoms with E-state index in [1.54, 1.807) is 0 Å².